The van der Waals surface area contributed by atoms with Crippen molar-refractivity contribution in [3.05, 3.63) is 53.8 Å². The second-order valence-corrected chi connectivity index (χ2v) is 5.60. The number of rotatable bonds is 8. The molecular formula is C20H23NO4. The third kappa shape index (κ3) is 5.01. The van der Waals surface area contributed by atoms with Crippen molar-refractivity contribution in [3.63, 3.8) is 0 Å². The van der Waals surface area contributed by atoms with Crippen LogP contribution in [0.15, 0.2) is 48.2 Å². The van der Waals surface area contributed by atoms with E-state index in [2.05, 4.69) is 6.92 Å². The van der Waals surface area contributed by atoms with Crippen LogP contribution in [0.25, 0.3) is 17.2 Å². The van der Waals surface area contributed by atoms with Gasteiger partial charge in [0.1, 0.15) is 5.75 Å². The summed E-state index contributed by atoms with van der Waals surface area (Å²) in [4.78, 5) is 11.1. The van der Waals surface area contributed by atoms with Crippen LogP contribution in [-0.4, -0.2) is 24.8 Å². The van der Waals surface area contributed by atoms with Crippen LogP contribution in [0.1, 0.15) is 25.3 Å². The highest BCUT2D eigenvalue weighted by Crippen LogP contribution is 2.33. The molecule has 2 rings (SSSR count). The lowest BCUT2D eigenvalue weighted by molar-refractivity contribution is -0.135. The first-order valence-corrected chi connectivity index (χ1v) is 8.17. The van der Waals surface area contributed by atoms with E-state index in [0.717, 1.165) is 24.0 Å². The van der Waals surface area contributed by atoms with Gasteiger partial charge < -0.3 is 20.3 Å². The lowest BCUT2D eigenvalue weighted by atomic mass is 10.0. The number of anilines is 1. The molecule has 0 heterocycles. The highest BCUT2D eigenvalue weighted by atomic mass is 16.5. The normalized spacial score (nSPS) is 11.2. The van der Waals surface area contributed by atoms with Crippen molar-refractivity contribution in [1.29, 1.82) is 0 Å². The number of unbranched alkanes of at least 4 members (excludes halogenated alkanes) is 1. The van der Waals surface area contributed by atoms with Crippen LogP contribution in [0.2, 0.25) is 0 Å². The van der Waals surface area contributed by atoms with Crippen molar-refractivity contribution in [2.45, 2.75) is 19.8 Å². The van der Waals surface area contributed by atoms with E-state index in [9.17, 15) is 4.79 Å². The van der Waals surface area contributed by atoms with Crippen molar-refractivity contribution in [1.82, 2.24) is 0 Å². The minimum Gasteiger partial charge on any atom is -0.493 e. The van der Waals surface area contributed by atoms with Gasteiger partial charge in [0.2, 0.25) is 5.76 Å². The smallest absolute Gasteiger partial charge is 0.371 e. The number of hydrogen-bond donors (Lipinski definition) is 2. The van der Waals surface area contributed by atoms with Crippen LogP contribution >= 0.6 is 0 Å². The van der Waals surface area contributed by atoms with Gasteiger partial charge >= 0.3 is 5.97 Å². The third-order valence-electron chi connectivity index (χ3n) is 3.69. The van der Waals surface area contributed by atoms with Crippen molar-refractivity contribution >= 4 is 17.7 Å². The highest BCUT2D eigenvalue weighted by Gasteiger charge is 2.11. The van der Waals surface area contributed by atoms with Crippen molar-refractivity contribution in [2.24, 2.45) is 0 Å². The molecule has 0 amide bonds. The Bertz CT molecular complexity index is 768. The van der Waals surface area contributed by atoms with Gasteiger partial charge in [-0.3, -0.25) is 0 Å². The number of methoxy groups -OCH3 is 1. The van der Waals surface area contributed by atoms with Gasteiger partial charge in [-0.1, -0.05) is 37.6 Å². The summed E-state index contributed by atoms with van der Waals surface area (Å²) in [6, 6.07) is 13.1. The fourth-order valence-corrected chi connectivity index (χ4v) is 2.38. The zero-order chi connectivity index (χ0) is 18.2. The van der Waals surface area contributed by atoms with Gasteiger partial charge in [-0.2, -0.15) is 0 Å². The first kappa shape index (κ1) is 18.4. The second kappa shape index (κ2) is 8.78. The number of carboxylic acid groups (broad SMARTS) is 1. The maximum absolute atomic E-state index is 11.1. The van der Waals surface area contributed by atoms with E-state index in [1.165, 1.54) is 13.2 Å². The van der Waals surface area contributed by atoms with E-state index in [4.69, 9.17) is 20.3 Å². The van der Waals surface area contributed by atoms with E-state index in [1.807, 2.05) is 42.5 Å². The molecule has 0 bridgehead atoms. The molecule has 0 aromatic heterocycles. The Balaban J connectivity index is 2.44. The number of aliphatic carboxylic acids is 1. The molecule has 0 fully saturated rings. The van der Waals surface area contributed by atoms with Gasteiger partial charge in [-0.05, 0) is 41.8 Å². The van der Waals surface area contributed by atoms with E-state index >= 15 is 0 Å². The molecule has 0 spiro atoms. The summed E-state index contributed by atoms with van der Waals surface area (Å²) in [7, 11) is 1.33. The van der Waals surface area contributed by atoms with Crippen molar-refractivity contribution in [2.75, 3.05) is 19.5 Å². The minimum absolute atomic E-state index is 0.129. The molecule has 0 aliphatic carbocycles. The molecule has 132 valence electrons. The Morgan fingerprint density at radius 3 is 2.68 bits per heavy atom. The lowest BCUT2D eigenvalue weighted by Gasteiger charge is -2.13. The standard InChI is InChI=1S/C20H23NO4/c1-3-4-10-25-18-11-14(12-19(24-2)20(22)23)8-9-17(18)15-6-5-7-16(21)13-15/h5-9,11-13H,3-4,10,21H2,1-2H3,(H,22,23). The van der Waals surface area contributed by atoms with Crippen LogP contribution in [0, 0.1) is 0 Å². The third-order valence-corrected chi connectivity index (χ3v) is 3.69. The summed E-state index contributed by atoms with van der Waals surface area (Å²) in [5, 5.41) is 9.10. The first-order valence-electron chi connectivity index (χ1n) is 8.17. The average molecular weight is 341 g/mol. The van der Waals surface area contributed by atoms with Crippen molar-refractivity contribution < 1.29 is 19.4 Å². The molecule has 5 nitrogen and oxygen atoms in total. The Morgan fingerprint density at radius 2 is 2.04 bits per heavy atom. The SMILES string of the molecule is CCCCOc1cc(C=C(OC)C(=O)O)ccc1-c1cccc(N)c1. The van der Waals surface area contributed by atoms with Gasteiger partial charge in [0, 0.05) is 11.3 Å². The summed E-state index contributed by atoms with van der Waals surface area (Å²) in [6.07, 6.45) is 3.44. The molecule has 25 heavy (non-hydrogen) atoms. The van der Waals surface area contributed by atoms with Gasteiger partial charge in [0.25, 0.3) is 0 Å². The van der Waals surface area contributed by atoms with E-state index < -0.39 is 5.97 Å². The topological polar surface area (TPSA) is 81.8 Å². The van der Waals surface area contributed by atoms with Crippen LogP contribution in [-0.2, 0) is 9.53 Å². The molecule has 0 saturated carbocycles. The van der Waals surface area contributed by atoms with Gasteiger partial charge in [0.15, 0.2) is 0 Å². The molecule has 0 aliphatic rings. The molecule has 0 unspecified atom stereocenters. The lowest BCUT2D eigenvalue weighted by Crippen LogP contribution is -2.02. The van der Waals surface area contributed by atoms with Crippen molar-refractivity contribution in [3.8, 4) is 16.9 Å². The van der Waals surface area contributed by atoms with Crippen LogP contribution < -0.4 is 10.5 Å². The van der Waals surface area contributed by atoms with Gasteiger partial charge in [-0.15, -0.1) is 0 Å². The number of nitrogens with two attached hydrogens (primary N) is 1. The summed E-state index contributed by atoms with van der Waals surface area (Å²) >= 11 is 0. The van der Waals surface area contributed by atoms with E-state index in [-0.39, 0.29) is 5.76 Å². The minimum atomic E-state index is -1.11. The predicted molar refractivity (Wildman–Crippen MR) is 99.3 cm³/mol. The Labute approximate surface area is 147 Å². The predicted octanol–water partition coefficient (Wildman–Crippen LogP) is 4.19. The molecule has 5 heteroatoms. The number of nitrogen functional groups attached to an aromatic ring is 1. The van der Waals surface area contributed by atoms with E-state index in [0.29, 0.717) is 23.6 Å². The summed E-state index contributed by atoms with van der Waals surface area (Å²) < 4.78 is 10.8. The molecule has 2 aromatic carbocycles. The first-order chi connectivity index (χ1) is 12.0. The summed E-state index contributed by atoms with van der Waals surface area (Å²) in [6.45, 7) is 2.69. The number of ether oxygens (including phenoxy) is 2. The number of hydrogen-bond acceptors (Lipinski definition) is 4. The molecule has 0 saturated heterocycles. The fraction of sp³-hybridized carbons (Fsp3) is 0.250. The van der Waals surface area contributed by atoms with Crippen LogP contribution in [0.3, 0.4) is 0 Å². The summed E-state index contributed by atoms with van der Waals surface area (Å²) in [5.41, 5.74) is 9.11. The molecule has 0 atom stereocenters. The van der Waals surface area contributed by atoms with Crippen LogP contribution in [0.5, 0.6) is 5.75 Å². The Hall–Kier alpha value is -2.95. The second-order valence-electron chi connectivity index (χ2n) is 5.60. The zero-order valence-electron chi connectivity index (χ0n) is 14.5. The number of benzene rings is 2. The van der Waals surface area contributed by atoms with Gasteiger partial charge in [-0.25, -0.2) is 4.79 Å². The largest absolute Gasteiger partial charge is 0.493 e. The average Bonchev–Trinajstić information content (AvgIpc) is 2.60. The molecule has 0 radical (unpaired) electrons. The molecule has 2 aromatic rings. The Morgan fingerprint density at radius 1 is 1.24 bits per heavy atom. The maximum atomic E-state index is 11.1. The fourth-order valence-electron chi connectivity index (χ4n) is 2.38. The number of carbonyl (C=O) groups is 1. The monoisotopic (exact) mass is 341 g/mol. The quantitative estimate of drug-likeness (QED) is 0.326. The Kier molecular flexibility index (Phi) is 6.46. The number of carboxylic acids is 1. The molecular weight excluding hydrogens is 318 g/mol. The molecule has 0 aliphatic heterocycles. The van der Waals surface area contributed by atoms with Crippen LogP contribution in [0.4, 0.5) is 5.69 Å². The molecule has 3 N–H and O–H groups in total. The maximum Gasteiger partial charge on any atom is 0.371 e. The zero-order valence-corrected chi connectivity index (χ0v) is 14.5. The van der Waals surface area contributed by atoms with Gasteiger partial charge in [0.05, 0.1) is 13.7 Å². The summed E-state index contributed by atoms with van der Waals surface area (Å²) in [5.74, 6) is -0.555. The van der Waals surface area contributed by atoms with E-state index in [1.54, 1.807) is 0 Å². The highest BCUT2D eigenvalue weighted by molar-refractivity contribution is 5.90.